The van der Waals surface area contributed by atoms with Crippen molar-refractivity contribution in [3.8, 4) is 0 Å². The number of H-pyrrole nitrogens is 1. The lowest BCUT2D eigenvalue weighted by molar-refractivity contribution is -0.255. The summed E-state index contributed by atoms with van der Waals surface area (Å²) >= 11 is 0. The Bertz CT molecular complexity index is 753. The number of hydrogen-bond donors (Lipinski definition) is 1. The van der Waals surface area contributed by atoms with Gasteiger partial charge in [0.2, 0.25) is 0 Å². The number of aromatic amines is 1. The molecule has 1 aromatic heterocycles. The van der Waals surface area contributed by atoms with Gasteiger partial charge in [-0.1, -0.05) is 42.5 Å². The highest BCUT2D eigenvalue weighted by molar-refractivity contribution is 5.86. The molecule has 0 radical (unpaired) electrons. The largest absolute Gasteiger partial charge is 0.545 e. The lowest BCUT2D eigenvalue weighted by Crippen LogP contribution is -2.21. The van der Waals surface area contributed by atoms with E-state index in [-0.39, 0.29) is 5.56 Å². The Morgan fingerprint density at radius 3 is 2.50 bits per heavy atom. The quantitative estimate of drug-likeness (QED) is 0.786. The molecule has 0 spiro atoms. The molecule has 3 rings (SSSR count). The summed E-state index contributed by atoms with van der Waals surface area (Å²) in [5.74, 6) is -0.409. The molecule has 0 aliphatic rings. The zero-order valence-electron chi connectivity index (χ0n) is 10.5. The van der Waals surface area contributed by atoms with E-state index in [1.165, 1.54) is 12.1 Å². The summed E-state index contributed by atoms with van der Waals surface area (Å²) in [4.78, 5) is 18.3. The van der Waals surface area contributed by atoms with Crippen LogP contribution in [0.4, 0.5) is 0 Å². The summed E-state index contributed by atoms with van der Waals surface area (Å²) in [5, 5.41) is 10.6. The predicted molar refractivity (Wildman–Crippen MR) is 75.8 cm³/mol. The van der Waals surface area contributed by atoms with Gasteiger partial charge in [0.1, 0.15) is 5.82 Å². The van der Waals surface area contributed by atoms with Crippen molar-refractivity contribution in [1.82, 2.24) is 9.97 Å². The third-order valence-corrected chi connectivity index (χ3v) is 2.99. The summed E-state index contributed by atoms with van der Waals surface area (Å²) in [5.41, 5.74) is 2.97. The number of para-hydroxylation sites is 2. The molecule has 0 saturated carbocycles. The molecule has 0 aliphatic carbocycles. The fraction of sp³-hybridized carbons (Fsp3) is 0. The van der Waals surface area contributed by atoms with Gasteiger partial charge in [0.25, 0.3) is 0 Å². The van der Waals surface area contributed by atoms with Crippen LogP contribution in [-0.2, 0) is 0 Å². The molecule has 0 saturated heterocycles. The first-order chi connectivity index (χ1) is 9.72. The van der Waals surface area contributed by atoms with Crippen molar-refractivity contribution in [2.75, 3.05) is 0 Å². The first-order valence-corrected chi connectivity index (χ1v) is 6.16. The summed E-state index contributed by atoms with van der Waals surface area (Å²) < 4.78 is 0. The molecule has 4 heteroatoms. The Morgan fingerprint density at radius 2 is 1.80 bits per heavy atom. The van der Waals surface area contributed by atoms with Gasteiger partial charge < -0.3 is 14.9 Å². The zero-order chi connectivity index (χ0) is 13.9. The first kappa shape index (κ1) is 12.2. The van der Waals surface area contributed by atoms with Gasteiger partial charge >= 0.3 is 0 Å². The molecule has 2 aromatic carbocycles. The lowest BCUT2D eigenvalue weighted by Gasteiger charge is -2.01. The molecule has 0 aliphatic heterocycles. The number of nitrogens with zero attached hydrogens (tertiary/aromatic N) is 1. The van der Waals surface area contributed by atoms with Crippen LogP contribution in [0.5, 0.6) is 0 Å². The van der Waals surface area contributed by atoms with E-state index in [1.807, 2.05) is 36.4 Å². The predicted octanol–water partition coefficient (Wildman–Crippen LogP) is 2.10. The maximum Gasteiger partial charge on any atom is 0.131 e. The van der Waals surface area contributed by atoms with E-state index in [2.05, 4.69) is 9.97 Å². The van der Waals surface area contributed by atoms with Crippen LogP contribution in [0, 0.1) is 0 Å². The van der Waals surface area contributed by atoms with Gasteiger partial charge in [-0.05, 0) is 29.3 Å². The van der Waals surface area contributed by atoms with Crippen molar-refractivity contribution in [3.63, 3.8) is 0 Å². The second-order valence-corrected chi connectivity index (χ2v) is 4.38. The van der Waals surface area contributed by atoms with E-state index < -0.39 is 5.97 Å². The Labute approximate surface area is 115 Å². The Balaban J connectivity index is 1.84. The molecule has 0 atom stereocenters. The molecular weight excluding hydrogens is 252 g/mol. The molecule has 0 bridgehead atoms. The molecule has 4 nitrogen and oxygen atoms in total. The maximum absolute atomic E-state index is 10.6. The van der Waals surface area contributed by atoms with E-state index in [9.17, 15) is 9.90 Å². The van der Waals surface area contributed by atoms with Crippen LogP contribution in [0.3, 0.4) is 0 Å². The van der Waals surface area contributed by atoms with Crippen LogP contribution in [-0.4, -0.2) is 15.9 Å². The van der Waals surface area contributed by atoms with Gasteiger partial charge in [0.05, 0.1) is 17.0 Å². The number of aromatic carboxylic acids is 1. The van der Waals surface area contributed by atoms with Crippen molar-refractivity contribution in [1.29, 1.82) is 0 Å². The number of imidazole rings is 1. The number of benzene rings is 2. The standard InChI is InChI=1S/C16H12N2O2/c19-16(20)12-8-5-11(6-9-12)7-10-15-17-13-3-1-2-4-14(13)18-15/h1-10H,(H,17,18)(H,19,20)/p-1/b10-7+. The van der Waals surface area contributed by atoms with Crippen LogP contribution in [0.2, 0.25) is 0 Å². The molecule has 98 valence electrons. The number of hydrogen-bond acceptors (Lipinski definition) is 3. The second-order valence-electron chi connectivity index (χ2n) is 4.38. The average molecular weight is 263 g/mol. The van der Waals surface area contributed by atoms with Gasteiger partial charge in [0, 0.05) is 0 Å². The van der Waals surface area contributed by atoms with Crippen LogP contribution < -0.4 is 5.11 Å². The fourth-order valence-electron chi connectivity index (χ4n) is 1.96. The van der Waals surface area contributed by atoms with Crippen molar-refractivity contribution in [2.45, 2.75) is 0 Å². The van der Waals surface area contributed by atoms with Crippen LogP contribution in [0.25, 0.3) is 23.2 Å². The Morgan fingerprint density at radius 1 is 1.05 bits per heavy atom. The number of carboxylic acids is 1. The number of carbonyl (C=O) groups excluding carboxylic acids is 1. The number of fused-ring (bicyclic) bond motifs is 1. The molecule has 1 heterocycles. The first-order valence-electron chi connectivity index (χ1n) is 6.16. The molecular formula is C16H11N2O2-. The minimum atomic E-state index is -1.17. The summed E-state index contributed by atoms with van der Waals surface area (Å²) in [6.07, 6.45) is 3.73. The van der Waals surface area contributed by atoms with E-state index in [1.54, 1.807) is 12.1 Å². The summed E-state index contributed by atoms with van der Waals surface area (Å²) in [6, 6.07) is 14.3. The second kappa shape index (κ2) is 5.01. The molecule has 0 unspecified atom stereocenters. The van der Waals surface area contributed by atoms with Crippen LogP contribution >= 0.6 is 0 Å². The third-order valence-electron chi connectivity index (χ3n) is 2.99. The van der Waals surface area contributed by atoms with Crippen molar-refractivity contribution in [3.05, 3.63) is 65.5 Å². The van der Waals surface area contributed by atoms with Gasteiger partial charge in [0.15, 0.2) is 0 Å². The molecule has 3 aromatic rings. The average Bonchev–Trinajstić information content (AvgIpc) is 2.88. The van der Waals surface area contributed by atoms with Gasteiger partial charge in [-0.15, -0.1) is 0 Å². The number of aromatic nitrogens is 2. The highest BCUT2D eigenvalue weighted by Gasteiger charge is 1.98. The summed E-state index contributed by atoms with van der Waals surface area (Å²) in [6.45, 7) is 0. The highest BCUT2D eigenvalue weighted by atomic mass is 16.4. The van der Waals surface area contributed by atoms with Gasteiger partial charge in [-0.2, -0.15) is 0 Å². The van der Waals surface area contributed by atoms with Crippen LogP contribution in [0.1, 0.15) is 21.7 Å². The molecule has 20 heavy (non-hydrogen) atoms. The Hall–Kier alpha value is -2.88. The Kier molecular flexibility index (Phi) is 3.05. The van der Waals surface area contributed by atoms with Crippen LogP contribution in [0.15, 0.2) is 48.5 Å². The number of carboxylic acid groups (broad SMARTS) is 1. The monoisotopic (exact) mass is 263 g/mol. The van der Waals surface area contributed by atoms with Crippen molar-refractivity contribution in [2.24, 2.45) is 0 Å². The lowest BCUT2D eigenvalue weighted by atomic mass is 10.1. The van der Waals surface area contributed by atoms with Gasteiger partial charge in [-0.25, -0.2) is 4.98 Å². The van der Waals surface area contributed by atoms with Gasteiger partial charge in [-0.3, -0.25) is 0 Å². The topological polar surface area (TPSA) is 68.8 Å². The molecule has 1 N–H and O–H groups in total. The maximum atomic E-state index is 10.6. The smallest absolute Gasteiger partial charge is 0.131 e. The minimum Gasteiger partial charge on any atom is -0.545 e. The van der Waals surface area contributed by atoms with Crippen molar-refractivity contribution < 1.29 is 9.90 Å². The molecule has 0 fully saturated rings. The third kappa shape index (κ3) is 2.44. The van der Waals surface area contributed by atoms with E-state index in [4.69, 9.17) is 0 Å². The SMILES string of the molecule is O=C([O-])c1ccc(/C=C/c2nc3ccccc3[nH]2)cc1. The van der Waals surface area contributed by atoms with E-state index in [0.717, 1.165) is 22.4 Å². The summed E-state index contributed by atoms with van der Waals surface area (Å²) in [7, 11) is 0. The van der Waals surface area contributed by atoms with E-state index in [0.29, 0.717) is 0 Å². The highest BCUT2D eigenvalue weighted by Crippen LogP contribution is 2.13. The minimum absolute atomic E-state index is 0.172. The fourth-order valence-corrected chi connectivity index (χ4v) is 1.96. The number of rotatable bonds is 3. The molecule has 0 amide bonds. The zero-order valence-corrected chi connectivity index (χ0v) is 10.5. The number of carbonyl (C=O) groups is 1. The van der Waals surface area contributed by atoms with E-state index >= 15 is 0 Å². The number of nitrogens with one attached hydrogen (secondary N) is 1. The normalized spacial score (nSPS) is 11.2. The van der Waals surface area contributed by atoms with Crippen molar-refractivity contribution >= 4 is 29.2 Å².